The van der Waals surface area contributed by atoms with Gasteiger partial charge in [0.05, 0.1) is 6.04 Å². The molecule has 2 bridgehead atoms. The monoisotopic (exact) mass is 272 g/mol. The lowest BCUT2D eigenvalue weighted by molar-refractivity contribution is 0.0395. The molecule has 0 N–H and O–H groups in total. The molecule has 0 unspecified atom stereocenters. The molecule has 4 nitrogen and oxygen atoms in total. The van der Waals surface area contributed by atoms with Crippen LogP contribution in [0.25, 0.3) is 0 Å². The molecule has 1 aromatic rings. The Morgan fingerprint density at radius 3 is 2.85 bits per heavy atom. The van der Waals surface area contributed by atoms with Crippen LogP contribution in [0.15, 0.2) is 30.3 Å². The number of carbonyl (C=O) groups is 1. The first-order valence-corrected chi connectivity index (χ1v) is 7.51. The molecule has 3 heterocycles. The number of nitrogens with zero attached hydrogens (tertiary/aromatic N) is 2. The second kappa shape index (κ2) is 4.48. The fourth-order valence-corrected chi connectivity index (χ4v) is 4.18. The van der Waals surface area contributed by atoms with E-state index in [0.717, 1.165) is 13.1 Å². The minimum atomic E-state index is -0.112. The quantitative estimate of drug-likeness (QED) is 0.827. The first-order chi connectivity index (χ1) is 9.74. The number of ether oxygens (including phenoxy) is 1. The summed E-state index contributed by atoms with van der Waals surface area (Å²) < 4.78 is 5.42. The molecule has 0 aliphatic carbocycles. The Labute approximate surface area is 119 Å². The number of carbonyl (C=O) groups excluding carboxylic acids is 1. The highest BCUT2D eigenvalue weighted by atomic mass is 16.6. The number of benzene rings is 1. The van der Waals surface area contributed by atoms with Crippen molar-refractivity contribution in [2.24, 2.45) is 0 Å². The highest BCUT2D eigenvalue weighted by molar-refractivity contribution is 5.71. The van der Waals surface area contributed by atoms with E-state index in [-0.39, 0.29) is 18.2 Å². The van der Waals surface area contributed by atoms with Gasteiger partial charge in [-0.25, -0.2) is 4.79 Å². The summed E-state index contributed by atoms with van der Waals surface area (Å²) >= 11 is 0. The van der Waals surface area contributed by atoms with Crippen molar-refractivity contribution in [3.8, 4) is 0 Å². The number of hydrogen-bond acceptors (Lipinski definition) is 3. The summed E-state index contributed by atoms with van der Waals surface area (Å²) in [6, 6.07) is 11.8. The predicted molar refractivity (Wildman–Crippen MR) is 75.2 cm³/mol. The molecule has 0 spiro atoms. The SMILES string of the molecule is C[C@@H]1OC(=O)N2C[C@H]3CC[C@@H]([C@@H]12)N3Cc1ccccc1. The molecule has 4 rings (SSSR count). The third kappa shape index (κ3) is 1.74. The molecule has 4 heteroatoms. The number of fused-ring (bicyclic) bond motifs is 4. The zero-order valence-corrected chi connectivity index (χ0v) is 11.7. The Balaban J connectivity index is 1.59. The first kappa shape index (κ1) is 12.2. The Kier molecular flexibility index (Phi) is 2.74. The Bertz CT molecular complexity index is 518. The van der Waals surface area contributed by atoms with Crippen LogP contribution in [0.5, 0.6) is 0 Å². The van der Waals surface area contributed by atoms with Crippen molar-refractivity contribution in [1.82, 2.24) is 9.80 Å². The van der Waals surface area contributed by atoms with Crippen molar-refractivity contribution in [2.45, 2.75) is 50.5 Å². The second-order valence-electron chi connectivity index (χ2n) is 6.19. The van der Waals surface area contributed by atoms with E-state index < -0.39 is 0 Å². The summed E-state index contributed by atoms with van der Waals surface area (Å²) in [5.41, 5.74) is 1.36. The lowest BCUT2D eigenvalue weighted by Gasteiger charge is -2.43. The molecule has 1 amide bonds. The molecular weight excluding hydrogens is 252 g/mol. The van der Waals surface area contributed by atoms with E-state index in [1.807, 2.05) is 11.8 Å². The van der Waals surface area contributed by atoms with Gasteiger partial charge in [-0.05, 0) is 25.3 Å². The van der Waals surface area contributed by atoms with Crippen LogP contribution in [0.2, 0.25) is 0 Å². The van der Waals surface area contributed by atoms with E-state index in [2.05, 4.69) is 35.2 Å². The van der Waals surface area contributed by atoms with Crippen LogP contribution < -0.4 is 0 Å². The molecule has 4 atom stereocenters. The van der Waals surface area contributed by atoms with Gasteiger partial charge >= 0.3 is 6.09 Å². The highest BCUT2D eigenvalue weighted by Gasteiger charge is 2.54. The van der Waals surface area contributed by atoms with E-state index in [0.29, 0.717) is 12.1 Å². The Hall–Kier alpha value is -1.55. The van der Waals surface area contributed by atoms with Crippen LogP contribution in [0, 0.1) is 0 Å². The van der Waals surface area contributed by atoms with E-state index in [4.69, 9.17) is 4.74 Å². The van der Waals surface area contributed by atoms with Crippen molar-refractivity contribution >= 4 is 6.09 Å². The third-order valence-corrected chi connectivity index (χ3v) is 5.06. The molecule has 106 valence electrons. The van der Waals surface area contributed by atoms with Crippen LogP contribution in [0.4, 0.5) is 4.79 Å². The van der Waals surface area contributed by atoms with Crippen molar-refractivity contribution < 1.29 is 9.53 Å². The molecular formula is C16H20N2O2. The van der Waals surface area contributed by atoms with Gasteiger partial charge in [0.1, 0.15) is 6.10 Å². The third-order valence-electron chi connectivity index (χ3n) is 5.06. The smallest absolute Gasteiger partial charge is 0.410 e. The molecule has 3 aliphatic heterocycles. The van der Waals surface area contributed by atoms with Gasteiger partial charge in [0.2, 0.25) is 0 Å². The number of hydrogen-bond donors (Lipinski definition) is 0. The molecule has 3 fully saturated rings. The van der Waals surface area contributed by atoms with Gasteiger partial charge in [0, 0.05) is 25.2 Å². The minimum Gasteiger partial charge on any atom is -0.444 e. The molecule has 0 saturated carbocycles. The summed E-state index contributed by atoms with van der Waals surface area (Å²) in [7, 11) is 0. The van der Waals surface area contributed by atoms with Crippen molar-refractivity contribution in [2.75, 3.05) is 6.54 Å². The van der Waals surface area contributed by atoms with Crippen molar-refractivity contribution in [3.63, 3.8) is 0 Å². The summed E-state index contributed by atoms with van der Waals surface area (Å²) in [5.74, 6) is 0. The second-order valence-corrected chi connectivity index (χ2v) is 6.19. The largest absolute Gasteiger partial charge is 0.444 e. The summed E-state index contributed by atoms with van der Waals surface area (Å²) in [6.07, 6.45) is 2.29. The van der Waals surface area contributed by atoms with Gasteiger partial charge in [0.15, 0.2) is 0 Å². The van der Waals surface area contributed by atoms with Gasteiger partial charge in [-0.3, -0.25) is 9.80 Å². The van der Waals surface area contributed by atoms with E-state index in [1.54, 1.807) is 0 Å². The average molecular weight is 272 g/mol. The molecule has 0 aromatic heterocycles. The van der Waals surface area contributed by atoms with Crippen molar-refractivity contribution in [1.29, 1.82) is 0 Å². The standard InChI is InChI=1S/C16H20N2O2/c1-11-15-14-8-7-13(10-18(15)16(19)20-11)17(14)9-12-5-3-2-4-6-12/h2-6,11,13-15H,7-10H2,1H3/t11-,13+,14-,15+/m0/s1. The van der Waals surface area contributed by atoms with Gasteiger partial charge < -0.3 is 4.74 Å². The van der Waals surface area contributed by atoms with Crippen LogP contribution in [0.3, 0.4) is 0 Å². The number of amides is 1. The fraction of sp³-hybridized carbons (Fsp3) is 0.562. The molecule has 3 saturated heterocycles. The number of rotatable bonds is 2. The van der Waals surface area contributed by atoms with Crippen LogP contribution in [-0.4, -0.2) is 46.7 Å². The van der Waals surface area contributed by atoms with E-state index in [9.17, 15) is 4.79 Å². The number of piperazine rings is 1. The summed E-state index contributed by atoms with van der Waals surface area (Å²) in [4.78, 5) is 16.4. The Morgan fingerprint density at radius 1 is 1.25 bits per heavy atom. The molecule has 0 radical (unpaired) electrons. The molecule has 20 heavy (non-hydrogen) atoms. The average Bonchev–Trinajstić information content (AvgIpc) is 2.87. The topological polar surface area (TPSA) is 32.8 Å². The van der Waals surface area contributed by atoms with Crippen LogP contribution in [0.1, 0.15) is 25.3 Å². The Morgan fingerprint density at radius 2 is 2.05 bits per heavy atom. The highest BCUT2D eigenvalue weighted by Crippen LogP contribution is 2.40. The maximum absolute atomic E-state index is 11.9. The first-order valence-electron chi connectivity index (χ1n) is 7.51. The maximum Gasteiger partial charge on any atom is 0.410 e. The minimum absolute atomic E-state index is 0.0184. The van der Waals surface area contributed by atoms with Crippen LogP contribution >= 0.6 is 0 Å². The van der Waals surface area contributed by atoms with E-state index >= 15 is 0 Å². The molecule has 3 aliphatic rings. The van der Waals surface area contributed by atoms with Crippen LogP contribution in [-0.2, 0) is 11.3 Å². The molecule has 1 aromatic carbocycles. The van der Waals surface area contributed by atoms with E-state index in [1.165, 1.54) is 18.4 Å². The van der Waals surface area contributed by atoms with Gasteiger partial charge in [-0.15, -0.1) is 0 Å². The lowest BCUT2D eigenvalue weighted by atomic mass is 9.99. The predicted octanol–water partition coefficient (Wildman–Crippen LogP) is 2.24. The zero-order valence-electron chi connectivity index (χ0n) is 11.7. The fourth-order valence-electron chi connectivity index (χ4n) is 4.18. The lowest BCUT2D eigenvalue weighted by Crippen LogP contribution is -2.59. The zero-order chi connectivity index (χ0) is 13.7. The maximum atomic E-state index is 11.9. The van der Waals surface area contributed by atoms with Gasteiger partial charge in [-0.2, -0.15) is 0 Å². The van der Waals surface area contributed by atoms with Gasteiger partial charge in [-0.1, -0.05) is 30.3 Å². The normalized spacial score (nSPS) is 36.0. The summed E-state index contributed by atoms with van der Waals surface area (Å²) in [5, 5.41) is 0. The number of cyclic esters (lactones) is 1. The van der Waals surface area contributed by atoms with Gasteiger partial charge in [0.25, 0.3) is 0 Å². The summed E-state index contributed by atoms with van der Waals surface area (Å²) in [6.45, 7) is 3.85. The van der Waals surface area contributed by atoms with Crippen molar-refractivity contribution in [3.05, 3.63) is 35.9 Å².